The predicted molar refractivity (Wildman–Crippen MR) is 91.7 cm³/mol. The minimum Gasteiger partial charge on any atom is -0.496 e. The van der Waals surface area contributed by atoms with Gasteiger partial charge in [0.2, 0.25) is 5.88 Å². The maximum absolute atomic E-state index is 12.1. The molecule has 3 rings (SSSR count). The van der Waals surface area contributed by atoms with Gasteiger partial charge in [0, 0.05) is 18.0 Å². The van der Waals surface area contributed by atoms with Gasteiger partial charge in [-0.05, 0) is 24.1 Å². The summed E-state index contributed by atoms with van der Waals surface area (Å²) in [5.74, 6) is -0.00972. The molecular formula is C18H19N3O4. The summed E-state index contributed by atoms with van der Waals surface area (Å²) < 4.78 is 10.3. The molecule has 1 aromatic carbocycles. The molecule has 0 bridgehead atoms. The highest BCUT2D eigenvalue weighted by atomic mass is 16.5. The molecule has 2 atom stereocenters. The van der Waals surface area contributed by atoms with E-state index in [0.717, 1.165) is 17.7 Å². The van der Waals surface area contributed by atoms with E-state index >= 15 is 0 Å². The Hall–Kier alpha value is -3.09. The zero-order chi connectivity index (χ0) is 17.8. The number of ether oxygens (including phenoxy) is 2. The van der Waals surface area contributed by atoms with Crippen LogP contribution in [0.5, 0.6) is 11.6 Å². The summed E-state index contributed by atoms with van der Waals surface area (Å²) in [6.45, 7) is 0. The lowest BCUT2D eigenvalue weighted by Crippen LogP contribution is -2.37. The molecule has 1 aromatic heterocycles. The van der Waals surface area contributed by atoms with Crippen LogP contribution >= 0.6 is 0 Å². The number of rotatable bonds is 5. The molecule has 0 spiro atoms. The largest absolute Gasteiger partial charge is 0.496 e. The molecule has 1 heterocycles. The molecule has 2 N–H and O–H groups in total. The smallest absolute Gasteiger partial charge is 0.313 e. The number of hydrogen-bond donors (Lipinski definition) is 2. The van der Waals surface area contributed by atoms with E-state index < -0.39 is 11.8 Å². The number of amides is 2. The monoisotopic (exact) mass is 341 g/mol. The highest BCUT2D eigenvalue weighted by Crippen LogP contribution is 2.44. The predicted octanol–water partition coefficient (Wildman–Crippen LogP) is 1.71. The molecule has 0 saturated heterocycles. The van der Waals surface area contributed by atoms with Crippen molar-refractivity contribution in [1.29, 1.82) is 0 Å². The number of pyridine rings is 1. The van der Waals surface area contributed by atoms with E-state index in [1.54, 1.807) is 19.2 Å². The van der Waals surface area contributed by atoms with Crippen molar-refractivity contribution in [2.24, 2.45) is 0 Å². The van der Waals surface area contributed by atoms with E-state index in [1.165, 1.54) is 13.3 Å². The van der Waals surface area contributed by atoms with Gasteiger partial charge in [0.15, 0.2) is 0 Å². The number of methoxy groups -OCH3 is 2. The summed E-state index contributed by atoms with van der Waals surface area (Å²) in [5, 5.41) is 5.25. The first kappa shape index (κ1) is 16.8. The van der Waals surface area contributed by atoms with E-state index in [-0.39, 0.29) is 12.0 Å². The average Bonchev–Trinajstić information content (AvgIpc) is 3.41. The summed E-state index contributed by atoms with van der Waals surface area (Å²) in [6, 6.07) is 10.8. The van der Waals surface area contributed by atoms with Crippen molar-refractivity contribution in [2.75, 3.05) is 19.5 Å². The molecule has 0 unspecified atom stereocenters. The Kier molecular flexibility index (Phi) is 4.83. The summed E-state index contributed by atoms with van der Waals surface area (Å²) in [4.78, 5) is 28.0. The first-order valence-electron chi connectivity index (χ1n) is 7.87. The fraction of sp³-hybridized carbons (Fsp3) is 0.278. The molecule has 25 heavy (non-hydrogen) atoms. The van der Waals surface area contributed by atoms with Crippen molar-refractivity contribution in [3.05, 3.63) is 48.2 Å². The van der Waals surface area contributed by atoms with Gasteiger partial charge >= 0.3 is 11.8 Å². The van der Waals surface area contributed by atoms with Gasteiger partial charge in [0.25, 0.3) is 0 Å². The molecule has 0 radical (unpaired) electrons. The lowest BCUT2D eigenvalue weighted by molar-refractivity contribution is -0.136. The average molecular weight is 341 g/mol. The first-order valence-corrected chi connectivity index (χ1v) is 7.87. The van der Waals surface area contributed by atoms with Crippen LogP contribution < -0.4 is 20.1 Å². The molecular weight excluding hydrogens is 322 g/mol. The highest BCUT2D eigenvalue weighted by Gasteiger charge is 2.41. The van der Waals surface area contributed by atoms with Gasteiger partial charge < -0.3 is 20.1 Å². The Morgan fingerprint density at radius 3 is 2.56 bits per heavy atom. The quantitative estimate of drug-likeness (QED) is 0.808. The third kappa shape index (κ3) is 3.88. The number of carbonyl (C=O) groups is 2. The normalized spacial score (nSPS) is 18.2. The van der Waals surface area contributed by atoms with Gasteiger partial charge in [-0.1, -0.05) is 18.2 Å². The van der Waals surface area contributed by atoms with Crippen LogP contribution in [0.4, 0.5) is 5.69 Å². The molecule has 1 aliphatic rings. The molecule has 2 amide bonds. The number of aromatic nitrogens is 1. The van der Waals surface area contributed by atoms with Crippen LogP contribution in [-0.4, -0.2) is 37.1 Å². The number of anilines is 1. The molecule has 1 saturated carbocycles. The van der Waals surface area contributed by atoms with Crippen molar-refractivity contribution in [3.63, 3.8) is 0 Å². The molecule has 2 aromatic rings. The summed E-state index contributed by atoms with van der Waals surface area (Å²) in [7, 11) is 3.12. The van der Waals surface area contributed by atoms with Crippen LogP contribution in [0.15, 0.2) is 42.6 Å². The zero-order valence-electron chi connectivity index (χ0n) is 14.0. The van der Waals surface area contributed by atoms with Crippen LogP contribution in [0.3, 0.4) is 0 Å². The van der Waals surface area contributed by atoms with Gasteiger partial charge in [-0.2, -0.15) is 0 Å². The number of nitrogens with zero attached hydrogens (tertiary/aromatic N) is 1. The molecule has 0 aliphatic heterocycles. The second-order valence-corrected chi connectivity index (χ2v) is 5.71. The van der Waals surface area contributed by atoms with E-state index in [2.05, 4.69) is 15.6 Å². The molecule has 7 heteroatoms. The van der Waals surface area contributed by atoms with Gasteiger partial charge in [-0.15, -0.1) is 0 Å². The van der Waals surface area contributed by atoms with Crippen LogP contribution in [0.25, 0.3) is 0 Å². The molecule has 1 aliphatic carbocycles. The number of benzene rings is 1. The second kappa shape index (κ2) is 7.21. The Balaban J connectivity index is 1.55. The minimum absolute atomic E-state index is 0.0662. The zero-order valence-corrected chi connectivity index (χ0v) is 14.0. The van der Waals surface area contributed by atoms with Crippen molar-refractivity contribution in [3.8, 4) is 11.6 Å². The highest BCUT2D eigenvalue weighted by molar-refractivity contribution is 6.39. The van der Waals surface area contributed by atoms with Gasteiger partial charge in [-0.3, -0.25) is 9.59 Å². The fourth-order valence-corrected chi connectivity index (χ4v) is 2.67. The third-order valence-corrected chi connectivity index (χ3v) is 4.05. The maximum Gasteiger partial charge on any atom is 0.313 e. The number of nitrogens with one attached hydrogen (secondary N) is 2. The fourth-order valence-electron chi connectivity index (χ4n) is 2.67. The summed E-state index contributed by atoms with van der Waals surface area (Å²) in [5.41, 5.74) is 1.47. The Bertz CT molecular complexity index is 776. The van der Waals surface area contributed by atoms with Crippen LogP contribution in [0, 0.1) is 0 Å². The van der Waals surface area contributed by atoms with Crippen LogP contribution in [0.1, 0.15) is 17.9 Å². The second-order valence-electron chi connectivity index (χ2n) is 5.71. The number of hydrogen-bond acceptors (Lipinski definition) is 5. The molecule has 7 nitrogen and oxygen atoms in total. The Labute approximate surface area is 145 Å². The van der Waals surface area contributed by atoms with Gasteiger partial charge in [0.05, 0.1) is 26.1 Å². The molecule has 1 fully saturated rings. The Morgan fingerprint density at radius 2 is 1.88 bits per heavy atom. The minimum atomic E-state index is -0.724. The van der Waals surface area contributed by atoms with Gasteiger partial charge in [0.1, 0.15) is 5.75 Å². The maximum atomic E-state index is 12.1. The number of carbonyl (C=O) groups excluding carboxylic acids is 2. The Morgan fingerprint density at radius 1 is 1.08 bits per heavy atom. The van der Waals surface area contributed by atoms with E-state index in [9.17, 15) is 9.59 Å². The molecule has 130 valence electrons. The van der Waals surface area contributed by atoms with Crippen molar-refractivity contribution < 1.29 is 19.1 Å². The summed E-state index contributed by atoms with van der Waals surface area (Å²) in [6.07, 6.45) is 2.21. The third-order valence-electron chi connectivity index (χ3n) is 4.05. The standard InChI is InChI=1S/C18H19N3O4/c1-24-15-6-4-3-5-12(15)13-9-14(13)21-18(23)17(22)20-11-7-8-16(25-2)19-10-11/h3-8,10,13-14H,9H2,1-2H3,(H,20,22)(H,21,23)/t13-,14+/m1/s1. The van der Waals surface area contributed by atoms with Crippen molar-refractivity contribution in [1.82, 2.24) is 10.3 Å². The van der Waals surface area contributed by atoms with Crippen LogP contribution in [0.2, 0.25) is 0 Å². The number of para-hydroxylation sites is 1. The van der Waals surface area contributed by atoms with Gasteiger partial charge in [-0.25, -0.2) is 4.98 Å². The van der Waals surface area contributed by atoms with Crippen molar-refractivity contribution in [2.45, 2.75) is 18.4 Å². The van der Waals surface area contributed by atoms with E-state index in [0.29, 0.717) is 11.6 Å². The lowest BCUT2D eigenvalue weighted by Gasteiger charge is -2.09. The van der Waals surface area contributed by atoms with Crippen molar-refractivity contribution >= 4 is 17.5 Å². The topological polar surface area (TPSA) is 89.5 Å². The summed E-state index contributed by atoms with van der Waals surface area (Å²) >= 11 is 0. The SMILES string of the molecule is COc1ccc(NC(=O)C(=O)N[C@H]2C[C@@H]2c2ccccc2OC)cn1. The van der Waals surface area contributed by atoms with Crippen LogP contribution in [-0.2, 0) is 9.59 Å². The van der Waals surface area contributed by atoms with E-state index in [4.69, 9.17) is 9.47 Å². The lowest BCUT2D eigenvalue weighted by atomic mass is 10.1. The van der Waals surface area contributed by atoms with E-state index in [1.807, 2.05) is 24.3 Å². The first-order chi connectivity index (χ1) is 12.1.